The number of ketones is 2. The molecule has 5 aliphatic rings. The third-order valence-corrected chi connectivity index (χ3v) is 17.3. The topological polar surface area (TPSA) is 246 Å². The van der Waals surface area contributed by atoms with Crippen molar-refractivity contribution in [1.29, 1.82) is 0 Å². The summed E-state index contributed by atoms with van der Waals surface area (Å²) >= 11 is 0. The summed E-state index contributed by atoms with van der Waals surface area (Å²) in [7, 11) is 0. The summed E-state index contributed by atoms with van der Waals surface area (Å²) < 4.78 is 0. The predicted molar refractivity (Wildman–Crippen MR) is 320 cm³/mol. The van der Waals surface area contributed by atoms with Crippen molar-refractivity contribution in [3.05, 3.63) is 172 Å². The molecule has 4 atom stereocenters. The SMILES string of the molecule is O=C(CCC(=O)N1Cc2ccccc2C[C@H]1C(=O)N[C@@H](CCN1CCC(O)CC1)C(=O)Nc1ccc2c(c1)CCC2)c1ccccc1.O=C(CCC(=O)N1Cc2ccccc2C[C@H]1C(=O)N[C@@H](CCN1CCC(O)CC1)C(=O)O)c1ccccc1. The average molecular weight is 1160 g/mol. The molecule has 1 aliphatic carbocycles. The number of fused-ring (bicyclic) bond motifs is 3. The van der Waals surface area contributed by atoms with Gasteiger partial charge in [0.15, 0.2) is 11.6 Å². The second-order valence-corrected chi connectivity index (χ2v) is 23.1. The normalized spacial score (nSPS) is 18.7. The van der Waals surface area contributed by atoms with E-state index in [2.05, 4.69) is 31.8 Å². The zero-order valence-electron chi connectivity index (χ0n) is 48.2. The number of aliphatic carboxylic acids is 1. The van der Waals surface area contributed by atoms with Crippen LogP contribution < -0.4 is 16.0 Å². The molecule has 5 amide bonds. The van der Waals surface area contributed by atoms with E-state index < -0.39 is 36.0 Å². The van der Waals surface area contributed by atoms with E-state index in [1.807, 2.05) is 72.8 Å². The minimum atomic E-state index is -1.13. The van der Waals surface area contributed by atoms with Crippen molar-refractivity contribution in [3.8, 4) is 0 Å². The molecule has 4 heterocycles. The van der Waals surface area contributed by atoms with Gasteiger partial charge < -0.3 is 50.9 Å². The Hall–Kier alpha value is -7.90. The average Bonchev–Trinajstić information content (AvgIpc) is 3.78. The van der Waals surface area contributed by atoms with Gasteiger partial charge in [0.25, 0.3) is 0 Å². The molecule has 85 heavy (non-hydrogen) atoms. The van der Waals surface area contributed by atoms with Crippen molar-refractivity contribution in [2.24, 2.45) is 0 Å². The molecule has 0 spiro atoms. The number of rotatable bonds is 21. The van der Waals surface area contributed by atoms with Gasteiger partial charge >= 0.3 is 5.97 Å². The second kappa shape index (κ2) is 29.8. The molecule has 0 aromatic heterocycles. The van der Waals surface area contributed by atoms with E-state index in [-0.39, 0.29) is 99.0 Å². The van der Waals surface area contributed by atoms with E-state index in [0.717, 1.165) is 54.6 Å². The van der Waals surface area contributed by atoms with Crippen LogP contribution in [0.4, 0.5) is 5.69 Å². The summed E-state index contributed by atoms with van der Waals surface area (Å²) in [4.78, 5) is 113. The van der Waals surface area contributed by atoms with Gasteiger partial charge in [-0.3, -0.25) is 33.6 Å². The molecule has 0 radical (unpaired) electrons. The largest absolute Gasteiger partial charge is 0.480 e. The minimum absolute atomic E-state index is 0.0112. The monoisotopic (exact) mass is 1160 g/mol. The first-order chi connectivity index (χ1) is 41.1. The maximum atomic E-state index is 14.1. The number of hydrogen-bond acceptors (Lipinski definition) is 12. The molecule has 2 saturated heterocycles. The fourth-order valence-electron chi connectivity index (χ4n) is 12.2. The number of piperidine rings is 2. The smallest absolute Gasteiger partial charge is 0.326 e. The summed E-state index contributed by atoms with van der Waals surface area (Å²) in [6.07, 6.45) is 6.43. The minimum Gasteiger partial charge on any atom is -0.480 e. The zero-order valence-corrected chi connectivity index (χ0v) is 48.2. The molecule has 2 fully saturated rings. The number of carbonyl (C=O) groups excluding carboxylic acids is 7. The van der Waals surface area contributed by atoms with Crippen LogP contribution in [0.15, 0.2) is 127 Å². The third-order valence-electron chi connectivity index (χ3n) is 17.3. The lowest BCUT2D eigenvalue weighted by molar-refractivity contribution is -0.145. The predicted octanol–water partition coefficient (Wildman–Crippen LogP) is 6.08. The number of benzene rings is 5. The van der Waals surface area contributed by atoms with E-state index in [9.17, 15) is 53.7 Å². The van der Waals surface area contributed by atoms with Gasteiger partial charge in [0.1, 0.15) is 24.2 Å². The van der Waals surface area contributed by atoms with Gasteiger partial charge in [0, 0.05) is 108 Å². The van der Waals surface area contributed by atoms with Crippen LogP contribution >= 0.6 is 0 Å². The first-order valence-corrected chi connectivity index (χ1v) is 30.1. The number of carboxylic acid groups (broad SMARTS) is 1. The fraction of sp³-hybridized carbons (Fsp3) is 0.433. The van der Waals surface area contributed by atoms with Gasteiger partial charge in [-0.15, -0.1) is 0 Å². The van der Waals surface area contributed by atoms with E-state index in [1.54, 1.807) is 53.4 Å². The standard InChI is InChI=1S/C38H44N4O5.C29H35N3O6/c43-32-17-20-41(21-18-32)22-19-33(37(46)39-31-14-13-26-11-6-12-28(26)23-31)40-38(47)34-24-29-9-4-5-10-30(29)25-42(34)36(45)16-15-35(44)27-7-2-1-3-8-27;33-23-12-15-31(16-13-23)17-14-24(29(37)38)30-28(36)25-18-21-8-4-5-9-22(21)19-32(25)27(35)11-10-26(34)20-6-2-1-3-7-20/h1-5,7-10,13-14,23,32-34,43H,6,11-12,15-22,24-25H2,(H,39,46)(H,40,47);1-9,23-25,33H,10-19H2,(H,30,36)(H,37,38)/t33-,34-;24-,25-/m00/s1. The molecule has 6 N–H and O–H groups in total. The molecule has 0 unspecified atom stereocenters. The number of anilines is 1. The van der Waals surface area contributed by atoms with Crippen LogP contribution in [0.25, 0.3) is 0 Å². The molecule has 0 bridgehead atoms. The molecule has 5 aromatic rings. The lowest BCUT2D eigenvalue weighted by Crippen LogP contribution is -2.56. The number of amides is 5. The number of hydrogen-bond donors (Lipinski definition) is 6. The third kappa shape index (κ3) is 16.9. The lowest BCUT2D eigenvalue weighted by Gasteiger charge is -2.37. The number of aliphatic hydroxyl groups is 2. The molecule has 0 saturated carbocycles. The molecule has 4 aliphatic heterocycles. The molecule has 10 rings (SSSR count). The quantitative estimate of drug-likeness (QED) is 0.0457. The van der Waals surface area contributed by atoms with Crippen molar-refractivity contribution in [2.45, 2.75) is 146 Å². The van der Waals surface area contributed by atoms with Gasteiger partial charge in [-0.1, -0.05) is 115 Å². The number of nitrogens with one attached hydrogen (secondary N) is 3. The highest BCUT2D eigenvalue weighted by molar-refractivity contribution is 6.01. The fourth-order valence-corrected chi connectivity index (χ4v) is 12.2. The number of Topliss-reactive ketones (excluding diaryl/α,β-unsaturated/α-hetero) is 2. The number of aryl methyl sites for hydroxylation is 2. The van der Waals surface area contributed by atoms with Gasteiger partial charge in [-0.2, -0.15) is 0 Å². The van der Waals surface area contributed by atoms with Crippen molar-refractivity contribution < 1.29 is 53.7 Å². The summed E-state index contributed by atoms with van der Waals surface area (Å²) in [6.45, 7) is 4.40. The first-order valence-electron chi connectivity index (χ1n) is 30.1. The maximum absolute atomic E-state index is 14.1. The van der Waals surface area contributed by atoms with E-state index in [1.165, 1.54) is 16.0 Å². The Kier molecular flexibility index (Phi) is 21.6. The molecule has 18 nitrogen and oxygen atoms in total. The Bertz CT molecular complexity index is 3160. The van der Waals surface area contributed by atoms with Gasteiger partial charge in [0.05, 0.1) is 12.2 Å². The summed E-state index contributed by atoms with van der Waals surface area (Å²) in [5, 5.41) is 38.2. The number of nitrogens with zero attached hydrogens (tertiary/aromatic N) is 4. The number of aliphatic hydroxyl groups excluding tert-OH is 2. The molecule has 5 aromatic carbocycles. The highest BCUT2D eigenvalue weighted by Gasteiger charge is 2.39. The summed E-state index contributed by atoms with van der Waals surface area (Å²) in [5.41, 5.74) is 8.19. The van der Waals surface area contributed by atoms with Crippen molar-refractivity contribution >= 4 is 52.8 Å². The number of likely N-dealkylation sites (tertiary alicyclic amines) is 2. The lowest BCUT2D eigenvalue weighted by atomic mass is 9.92. The van der Waals surface area contributed by atoms with Crippen molar-refractivity contribution in [3.63, 3.8) is 0 Å². The van der Waals surface area contributed by atoms with E-state index >= 15 is 0 Å². The van der Waals surface area contributed by atoms with E-state index in [0.29, 0.717) is 81.5 Å². The number of carbonyl (C=O) groups is 8. The first kappa shape index (κ1) is 61.7. The van der Waals surface area contributed by atoms with Crippen molar-refractivity contribution in [2.75, 3.05) is 44.6 Å². The molecule has 18 heteroatoms. The van der Waals surface area contributed by atoms with E-state index in [4.69, 9.17) is 0 Å². The Morgan fingerprint density at radius 1 is 0.482 bits per heavy atom. The van der Waals surface area contributed by atoms with Crippen LogP contribution in [0, 0.1) is 0 Å². The van der Waals surface area contributed by atoms with Crippen LogP contribution in [-0.2, 0) is 67.5 Å². The van der Waals surface area contributed by atoms with Crippen LogP contribution in [0.5, 0.6) is 0 Å². The molecular formula is C67H79N7O11. The van der Waals surface area contributed by atoms with Gasteiger partial charge in [0.2, 0.25) is 29.5 Å². The highest BCUT2D eigenvalue weighted by Crippen LogP contribution is 2.29. The summed E-state index contributed by atoms with van der Waals surface area (Å²) in [5.74, 6) is -3.17. The van der Waals surface area contributed by atoms with Crippen LogP contribution in [-0.4, -0.2) is 158 Å². The molecular weight excluding hydrogens is 1080 g/mol. The van der Waals surface area contributed by atoms with Crippen molar-refractivity contribution in [1.82, 2.24) is 30.2 Å². The van der Waals surface area contributed by atoms with Gasteiger partial charge in [-0.05, 0) is 103 Å². The second-order valence-electron chi connectivity index (χ2n) is 23.1. The Balaban J connectivity index is 0.000000208. The van der Waals surface area contributed by atoms with Crippen LogP contribution in [0.1, 0.15) is 125 Å². The maximum Gasteiger partial charge on any atom is 0.326 e. The summed E-state index contributed by atoms with van der Waals surface area (Å²) in [6, 6.07) is 35.4. The zero-order chi connectivity index (χ0) is 59.8. The Morgan fingerprint density at radius 2 is 0.906 bits per heavy atom. The Morgan fingerprint density at radius 3 is 1.38 bits per heavy atom. The Labute approximate surface area is 497 Å². The molecule has 448 valence electrons. The van der Waals surface area contributed by atoms with Crippen LogP contribution in [0.3, 0.4) is 0 Å². The highest BCUT2D eigenvalue weighted by atomic mass is 16.4. The van der Waals surface area contributed by atoms with Crippen LogP contribution in [0.2, 0.25) is 0 Å². The number of carboxylic acids is 1. The van der Waals surface area contributed by atoms with Gasteiger partial charge in [-0.25, -0.2) is 4.79 Å².